The average molecular weight is 422 g/mol. The van der Waals surface area contributed by atoms with Crippen LogP contribution in [0.1, 0.15) is 35.9 Å². The quantitative estimate of drug-likeness (QED) is 0.773. The molecule has 2 heterocycles. The lowest BCUT2D eigenvalue weighted by atomic mass is 9.92. The van der Waals surface area contributed by atoms with Crippen molar-refractivity contribution < 1.29 is 22.4 Å². The van der Waals surface area contributed by atoms with Crippen LogP contribution in [0.5, 0.6) is 0 Å². The van der Waals surface area contributed by atoms with E-state index in [1.54, 1.807) is 6.92 Å². The highest BCUT2D eigenvalue weighted by Gasteiger charge is 2.43. The topological polar surface area (TPSA) is 77.0 Å². The standard InChI is InChI=1S/C17H19F4N5O.ClH/c1-10(22)11-5-4-8-25(9-11)16(27)14-15(17(19,20)21)26(24-23-14)13-7-3-2-6-12(13)18;/h2-3,6-7,10-11H,4-5,8-9,22H2,1H3;1H. The van der Waals surface area contributed by atoms with Crippen molar-refractivity contribution in [3.63, 3.8) is 0 Å². The van der Waals surface area contributed by atoms with E-state index in [2.05, 4.69) is 10.3 Å². The largest absolute Gasteiger partial charge is 0.435 e. The van der Waals surface area contributed by atoms with Crippen molar-refractivity contribution in [3.05, 3.63) is 41.5 Å². The van der Waals surface area contributed by atoms with E-state index in [9.17, 15) is 22.4 Å². The molecule has 1 aliphatic rings. The lowest BCUT2D eigenvalue weighted by Crippen LogP contribution is -2.45. The summed E-state index contributed by atoms with van der Waals surface area (Å²) in [5, 5.41) is 6.87. The zero-order valence-corrected chi connectivity index (χ0v) is 15.8. The second-order valence-electron chi connectivity index (χ2n) is 6.66. The number of alkyl halides is 3. The van der Waals surface area contributed by atoms with Crippen molar-refractivity contribution in [1.82, 2.24) is 19.9 Å². The number of benzene rings is 1. The van der Waals surface area contributed by atoms with Crippen LogP contribution >= 0.6 is 12.4 Å². The zero-order valence-electron chi connectivity index (χ0n) is 15.0. The Morgan fingerprint density at radius 1 is 1.32 bits per heavy atom. The van der Waals surface area contributed by atoms with Gasteiger partial charge in [0.05, 0.1) is 0 Å². The normalized spacial score (nSPS) is 18.5. The zero-order chi connectivity index (χ0) is 19.8. The molecule has 11 heteroatoms. The van der Waals surface area contributed by atoms with Gasteiger partial charge in [0.1, 0.15) is 11.5 Å². The van der Waals surface area contributed by atoms with Crippen molar-refractivity contribution in [2.45, 2.75) is 32.0 Å². The predicted molar refractivity (Wildman–Crippen MR) is 95.8 cm³/mol. The Hall–Kier alpha value is -2.20. The summed E-state index contributed by atoms with van der Waals surface area (Å²) in [5.74, 6) is -1.78. The molecule has 0 saturated carbocycles. The Kier molecular flexibility index (Phi) is 6.66. The molecule has 28 heavy (non-hydrogen) atoms. The monoisotopic (exact) mass is 421 g/mol. The van der Waals surface area contributed by atoms with Gasteiger partial charge in [-0.3, -0.25) is 4.79 Å². The van der Waals surface area contributed by atoms with Crippen LogP contribution in [0.4, 0.5) is 17.6 Å². The Morgan fingerprint density at radius 3 is 2.61 bits per heavy atom. The molecule has 1 amide bonds. The van der Waals surface area contributed by atoms with Crippen LogP contribution in [-0.2, 0) is 6.18 Å². The summed E-state index contributed by atoms with van der Waals surface area (Å²) in [4.78, 5) is 14.0. The number of likely N-dealkylation sites (tertiary alicyclic amines) is 1. The number of nitrogens with two attached hydrogens (primary N) is 1. The van der Waals surface area contributed by atoms with Gasteiger partial charge in [0.15, 0.2) is 11.4 Å². The SMILES string of the molecule is CC(N)C1CCCN(C(=O)c2nnn(-c3ccccc3F)c2C(F)(F)F)C1.Cl. The molecule has 1 fully saturated rings. The summed E-state index contributed by atoms with van der Waals surface area (Å²) in [5.41, 5.74) is 3.22. The average Bonchev–Trinajstić information content (AvgIpc) is 3.06. The minimum atomic E-state index is -4.94. The van der Waals surface area contributed by atoms with E-state index in [1.165, 1.54) is 17.0 Å². The van der Waals surface area contributed by atoms with Crippen molar-refractivity contribution in [2.75, 3.05) is 13.1 Å². The highest BCUT2D eigenvalue weighted by molar-refractivity contribution is 5.93. The van der Waals surface area contributed by atoms with Gasteiger partial charge in [-0.15, -0.1) is 17.5 Å². The van der Waals surface area contributed by atoms with Crippen LogP contribution in [0.2, 0.25) is 0 Å². The number of hydrogen-bond donors (Lipinski definition) is 1. The molecule has 2 aromatic rings. The number of amides is 1. The fourth-order valence-electron chi connectivity index (χ4n) is 3.25. The fraction of sp³-hybridized carbons (Fsp3) is 0.471. The van der Waals surface area contributed by atoms with Crippen LogP contribution in [0.25, 0.3) is 5.69 Å². The van der Waals surface area contributed by atoms with E-state index >= 15 is 0 Å². The maximum atomic E-state index is 14.0. The van der Waals surface area contributed by atoms with Gasteiger partial charge < -0.3 is 10.6 Å². The molecular weight excluding hydrogens is 402 g/mol. The third kappa shape index (κ3) is 4.27. The molecule has 0 radical (unpaired) electrons. The number of carbonyl (C=O) groups excluding carboxylic acids is 1. The second-order valence-corrected chi connectivity index (χ2v) is 6.66. The predicted octanol–water partition coefficient (Wildman–Crippen LogP) is 3.05. The van der Waals surface area contributed by atoms with Gasteiger partial charge in [0, 0.05) is 19.1 Å². The highest BCUT2D eigenvalue weighted by Crippen LogP contribution is 2.34. The van der Waals surface area contributed by atoms with Crippen LogP contribution in [0.15, 0.2) is 24.3 Å². The van der Waals surface area contributed by atoms with Gasteiger partial charge in [0.25, 0.3) is 5.91 Å². The number of carbonyl (C=O) groups is 1. The number of aromatic nitrogens is 3. The summed E-state index contributed by atoms with van der Waals surface area (Å²) >= 11 is 0. The highest BCUT2D eigenvalue weighted by atomic mass is 35.5. The van der Waals surface area contributed by atoms with E-state index < -0.39 is 35.0 Å². The smallest absolute Gasteiger partial charge is 0.337 e. The summed E-state index contributed by atoms with van der Waals surface area (Å²) in [6.07, 6.45) is -3.50. The molecule has 6 nitrogen and oxygen atoms in total. The third-order valence-corrected chi connectivity index (χ3v) is 4.71. The summed E-state index contributed by atoms with van der Waals surface area (Å²) < 4.78 is 55.3. The van der Waals surface area contributed by atoms with E-state index in [1.807, 2.05) is 0 Å². The van der Waals surface area contributed by atoms with Gasteiger partial charge in [-0.25, -0.2) is 9.07 Å². The first-order valence-electron chi connectivity index (χ1n) is 8.52. The number of para-hydroxylation sites is 1. The third-order valence-electron chi connectivity index (χ3n) is 4.71. The minimum absolute atomic E-state index is 0. The van der Waals surface area contributed by atoms with Gasteiger partial charge in [0.2, 0.25) is 0 Å². The van der Waals surface area contributed by atoms with Crippen molar-refractivity contribution >= 4 is 18.3 Å². The Balaban J connectivity index is 0.00000280. The van der Waals surface area contributed by atoms with Crippen LogP contribution in [0, 0.1) is 11.7 Å². The van der Waals surface area contributed by atoms with E-state index in [-0.39, 0.29) is 30.9 Å². The first-order valence-corrected chi connectivity index (χ1v) is 8.52. The van der Waals surface area contributed by atoms with Crippen molar-refractivity contribution in [2.24, 2.45) is 11.7 Å². The molecule has 154 valence electrons. The van der Waals surface area contributed by atoms with Gasteiger partial charge in [-0.1, -0.05) is 17.3 Å². The molecule has 2 atom stereocenters. The molecule has 1 aromatic carbocycles. The number of nitrogens with zero attached hydrogens (tertiary/aromatic N) is 4. The number of halogens is 5. The van der Waals surface area contributed by atoms with E-state index in [4.69, 9.17) is 5.73 Å². The Bertz CT molecular complexity index is 839. The van der Waals surface area contributed by atoms with E-state index in [0.717, 1.165) is 18.6 Å². The van der Waals surface area contributed by atoms with Crippen molar-refractivity contribution in [3.8, 4) is 5.69 Å². The Morgan fingerprint density at radius 2 is 2.00 bits per heavy atom. The molecule has 0 aliphatic carbocycles. The molecule has 0 spiro atoms. The summed E-state index contributed by atoms with van der Waals surface area (Å²) in [6, 6.07) is 4.69. The maximum absolute atomic E-state index is 14.0. The van der Waals surface area contributed by atoms with Crippen LogP contribution in [-0.4, -0.2) is 44.9 Å². The molecule has 1 aromatic heterocycles. The lowest BCUT2D eigenvalue weighted by Gasteiger charge is -2.34. The van der Waals surface area contributed by atoms with Gasteiger partial charge >= 0.3 is 6.18 Å². The maximum Gasteiger partial charge on any atom is 0.435 e. The van der Waals surface area contributed by atoms with Gasteiger partial charge in [-0.05, 0) is 37.8 Å². The number of rotatable bonds is 3. The number of hydrogen-bond acceptors (Lipinski definition) is 4. The van der Waals surface area contributed by atoms with E-state index in [0.29, 0.717) is 17.6 Å². The van der Waals surface area contributed by atoms with Crippen LogP contribution < -0.4 is 5.73 Å². The molecule has 2 unspecified atom stereocenters. The van der Waals surface area contributed by atoms with Gasteiger partial charge in [-0.2, -0.15) is 13.2 Å². The summed E-state index contributed by atoms with van der Waals surface area (Å²) in [6.45, 7) is 2.36. The minimum Gasteiger partial charge on any atom is -0.337 e. The van der Waals surface area contributed by atoms with Crippen molar-refractivity contribution in [1.29, 1.82) is 0 Å². The molecule has 2 N–H and O–H groups in total. The summed E-state index contributed by atoms with van der Waals surface area (Å²) in [7, 11) is 0. The fourth-order valence-corrected chi connectivity index (χ4v) is 3.25. The first-order chi connectivity index (χ1) is 12.7. The molecule has 0 bridgehead atoms. The van der Waals surface area contributed by atoms with Crippen LogP contribution in [0.3, 0.4) is 0 Å². The second kappa shape index (κ2) is 8.44. The molecule has 3 rings (SSSR count). The molecule has 1 saturated heterocycles. The number of piperidine rings is 1. The molecule has 1 aliphatic heterocycles. The Labute approximate surface area is 165 Å². The lowest BCUT2D eigenvalue weighted by molar-refractivity contribution is -0.143. The first kappa shape index (κ1) is 22.1. The molecular formula is C17H20ClF4N5O.